The van der Waals surface area contributed by atoms with E-state index in [9.17, 15) is 0 Å². The van der Waals surface area contributed by atoms with Crippen molar-refractivity contribution in [1.29, 1.82) is 0 Å². The summed E-state index contributed by atoms with van der Waals surface area (Å²) in [6.45, 7) is 2.04. The fourth-order valence-corrected chi connectivity index (χ4v) is 2.41. The van der Waals surface area contributed by atoms with Crippen LogP contribution in [0.1, 0.15) is 5.56 Å². The maximum Gasteiger partial charge on any atom is 0.234 e. The summed E-state index contributed by atoms with van der Waals surface area (Å²) >= 11 is 10.5. The Labute approximate surface area is 99.2 Å². The highest BCUT2D eigenvalue weighted by atomic mass is 79.9. The average Bonchev–Trinajstić information content (AvgIpc) is 2.57. The van der Waals surface area contributed by atoms with Gasteiger partial charge in [-0.05, 0) is 41.7 Å². The zero-order chi connectivity index (χ0) is 10.1. The molecule has 0 spiro atoms. The number of nitrogens with zero attached hydrogens (tertiary/aromatic N) is 2. The Balaban J connectivity index is 2.57. The topological polar surface area (TPSA) is 25.8 Å². The highest BCUT2D eigenvalue weighted by molar-refractivity contribution is 9.10. The van der Waals surface area contributed by atoms with E-state index in [-0.39, 0.29) is 0 Å². The van der Waals surface area contributed by atoms with Gasteiger partial charge in [0.15, 0.2) is 0 Å². The normalized spacial score (nSPS) is 10.5. The van der Waals surface area contributed by atoms with E-state index in [1.54, 1.807) is 0 Å². The fraction of sp³-hybridized carbons (Fsp3) is 0.111. The summed E-state index contributed by atoms with van der Waals surface area (Å²) in [5.41, 5.74) is 2.23. The molecule has 2 aromatic rings. The molecule has 1 aromatic carbocycles. The standard InChI is InChI=1S/C9H6BrClN2S/c1-5-6(3-2-4-7(5)10)8-12-9(11)13-14-8/h2-4H,1H3. The number of rotatable bonds is 1. The molecule has 0 bridgehead atoms. The third-order valence-electron chi connectivity index (χ3n) is 1.90. The van der Waals surface area contributed by atoms with Crippen LogP contribution in [-0.2, 0) is 0 Å². The van der Waals surface area contributed by atoms with E-state index in [0.717, 1.165) is 20.6 Å². The Bertz CT molecular complexity index is 470. The number of hydrogen-bond donors (Lipinski definition) is 0. The van der Waals surface area contributed by atoms with Gasteiger partial charge in [-0.1, -0.05) is 28.1 Å². The van der Waals surface area contributed by atoms with Gasteiger partial charge in [-0.3, -0.25) is 0 Å². The van der Waals surface area contributed by atoms with Crippen LogP contribution in [0, 0.1) is 6.92 Å². The fourth-order valence-electron chi connectivity index (χ4n) is 1.15. The van der Waals surface area contributed by atoms with Gasteiger partial charge in [0.05, 0.1) is 0 Å². The van der Waals surface area contributed by atoms with E-state index >= 15 is 0 Å². The van der Waals surface area contributed by atoms with Crippen LogP contribution < -0.4 is 0 Å². The molecule has 0 atom stereocenters. The quantitative estimate of drug-likeness (QED) is 0.795. The lowest BCUT2D eigenvalue weighted by Gasteiger charge is -2.02. The molecule has 0 aliphatic carbocycles. The molecular formula is C9H6BrClN2S. The molecular weight excluding hydrogens is 284 g/mol. The minimum absolute atomic E-state index is 0.310. The van der Waals surface area contributed by atoms with Crippen LogP contribution in [0.3, 0.4) is 0 Å². The minimum Gasteiger partial charge on any atom is -0.205 e. The second kappa shape index (κ2) is 3.96. The van der Waals surface area contributed by atoms with Crippen LogP contribution in [0.15, 0.2) is 22.7 Å². The minimum atomic E-state index is 0.310. The van der Waals surface area contributed by atoms with Gasteiger partial charge in [0, 0.05) is 10.0 Å². The SMILES string of the molecule is Cc1c(Br)cccc1-c1nc(Cl)ns1. The molecule has 0 aliphatic rings. The van der Waals surface area contributed by atoms with Crippen LogP contribution >= 0.6 is 39.1 Å². The van der Waals surface area contributed by atoms with Crippen molar-refractivity contribution in [2.45, 2.75) is 6.92 Å². The van der Waals surface area contributed by atoms with E-state index in [0.29, 0.717) is 5.28 Å². The van der Waals surface area contributed by atoms with Gasteiger partial charge in [0.25, 0.3) is 0 Å². The third kappa shape index (κ3) is 1.82. The summed E-state index contributed by atoms with van der Waals surface area (Å²) in [5, 5.41) is 1.16. The lowest BCUT2D eigenvalue weighted by molar-refractivity contribution is 1.31. The van der Waals surface area contributed by atoms with Crippen molar-refractivity contribution in [3.05, 3.63) is 33.5 Å². The number of aromatic nitrogens is 2. The highest BCUT2D eigenvalue weighted by Gasteiger charge is 2.08. The summed E-state index contributed by atoms with van der Waals surface area (Å²) < 4.78 is 5.02. The summed E-state index contributed by atoms with van der Waals surface area (Å²) in [6.07, 6.45) is 0. The van der Waals surface area contributed by atoms with Crippen LogP contribution in [-0.4, -0.2) is 9.36 Å². The molecule has 72 valence electrons. The largest absolute Gasteiger partial charge is 0.234 e. The Hall–Kier alpha value is -0.450. The number of hydrogen-bond acceptors (Lipinski definition) is 3. The number of benzene rings is 1. The summed E-state index contributed by atoms with van der Waals surface area (Å²) in [6, 6.07) is 5.99. The predicted molar refractivity (Wildman–Crippen MR) is 62.8 cm³/mol. The predicted octanol–water partition coefficient (Wildman–Crippen LogP) is 3.93. The van der Waals surface area contributed by atoms with Crippen LogP contribution in [0.4, 0.5) is 0 Å². The van der Waals surface area contributed by atoms with E-state index in [1.165, 1.54) is 11.5 Å². The Kier molecular flexibility index (Phi) is 2.85. The van der Waals surface area contributed by atoms with Crippen molar-refractivity contribution < 1.29 is 0 Å². The monoisotopic (exact) mass is 288 g/mol. The molecule has 0 saturated carbocycles. The van der Waals surface area contributed by atoms with Gasteiger partial charge in [0.2, 0.25) is 5.28 Å². The molecule has 0 unspecified atom stereocenters. The Morgan fingerprint density at radius 3 is 2.86 bits per heavy atom. The van der Waals surface area contributed by atoms with Crippen molar-refractivity contribution in [1.82, 2.24) is 9.36 Å². The Morgan fingerprint density at radius 1 is 1.43 bits per heavy atom. The van der Waals surface area contributed by atoms with Crippen LogP contribution in [0.25, 0.3) is 10.6 Å². The van der Waals surface area contributed by atoms with E-state index in [2.05, 4.69) is 25.3 Å². The van der Waals surface area contributed by atoms with E-state index < -0.39 is 0 Å². The molecule has 0 amide bonds. The van der Waals surface area contributed by atoms with Crippen LogP contribution in [0.2, 0.25) is 5.28 Å². The first-order valence-electron chi connectivity index (χ1n) is 3.93. The average molecular weight is 290 g/mol. The van der Waals surface area contributed by atoms with Gasteiger partial charge in [0.1, 0.15) is 5.01 Å². The highest BCUT2D eigenvalue weighted by Crippen LogP contribution is 2.30. The van der Waals surface area contributed by atoms with Gasteiger partial charge in [-0.25, -0.2) is 4.98 Å². The van der Waals surface area contributed by atoms with E-state index in [1.807, 2.05) is 25.1 Å². The molecule has 0 N–H and O–H groups in total. The van der Waals surface area contributed by atoms with Crippen molar-refractivity contribution in [3.63, 3.8) is 0 Å². The van der Waals surface area contributed by atoms with Gasteiger partial charge < -0.3 is 0 Å². The molecule has 14 heavy (non-hydrogen) atoms. The molecule has 2 nitrogen and oxygen atoms in total. The lowest BCUT2D eigenvalue weighted by atomic mass is 10.1. The molecule has 5 heteroatoms. The smallest absolute Gasteiger partial charge is 0.205 e. The maximum atomic E-state index is 5.68. The third-order valence-corrected chi connectivity index (χ3v) is 3.78. The van der Waals surface area contributed by atoms with Gasteiger partial charge in [-0.15, -0.1) is 0 Å². The molecule has 0 saturated heterocycles. The zero-order valence-corrected chi connectivity index (χ0v) is 10.4. The van der Waals surface area contributed by atoms with Crippen molar-refractivity contribution in [2.24, 2.45) is 0 Å². The van der Waals surface area contributed by atoms with Crippen LogP contribution in [0.5, 0.6) is 0 Å². The molecule has 0 fully saturated rings. The lowest BCUT2D eigenvalue weighted by Crippen LogP contribution is -1.83. The molecule has 0 aliphatic heterocycles. The summed E-state index contributed by atoms with van der Waals surface area (Å²) in [7, 11) is 0. The Morgan fingerprint density at radius 2 is 2.21 bits per heavy atom. The summed E-state index contributed by atoms with van der Waals surface area (Å²) in [5.74, 6) is 0. The first-order chi connectivity index (χ1) is 6.68. The van der Waals surface area contributed by atoms with Crippen molar-refractivity contribution >= 4 is 39.1 Å². The summed E-state index contributed by atoms with van der Waals surface area (Å²) in [4.78, 5) is 4.13. The van der Waals surface area contributed by atoms with Gasteiger partial charge in [-0.2, -0.15) is 4.37 Å². The van der Waals surface area contributed by atoms with E-state index in [4.69, 9.17) is 11.6 Å². The van der Waals surface area contributed by atoms with Gasteiger partial charge >= 0.3 is 0 Å². The second-order valence-electron chi connectivity index (χ2n) is 2.78. The van der Waals surface area contributed by atoms with Crippen molar-refractivity contribution in [2.75, 3.05) is 0 Å². The first-order valence-corrected chi connectivity index (χ1v) is 5.87. The zero-order valence-electron chi connectivity index (χ0n) is 7.29. The molecule has 1 heterocycles. The molecule has 2 rings (SSSR count). The number of halogens is 2. The molecule has 0 radical (unpaired) electrons. The second-order valence-corrected chi connectivity index (χ2v) is 4.73. The first kappa shape index (κ1) is 10.1. The van der Waals surface area contributed by atoms with Crippen molar-refractivity contribution in [3.8, 4) is 10.6 Å². The maximum absolute atomic E-state index is 5.68. The molecule has 1 aromatic heterocycles.